The Morgan fingerprint density at radius 2 is 2.00 bits per heavy atom. The highest BCUT2D eigenvalue weighted by Crippen LogP contribution is 2.55. The van der Waals surface area contributed by atoms with E-state index in [4.69, 9.17) is 11.6 Å². The molecule has 0 heterocycles. The van der Waals surface area contributed by atoms with Gasteiger partial charge in [-0.05, 0) is 30.6 Å². The van der Waals surface area contributed by atoms with Crippen LogP contribution in [0.2, 0.25) is 0 Å². The maximum absolute atomic E-state index is 11.8. The smallest absolute Gasteiger partial charge is 0.223 e. The summed E-state index contributed by atoms with van der Waals surface area (Å²) in [4.78, 5) is 11.8. The van der Waals surface area contributed by atoms with Crippen molar-refractivity contribution in [1.82, 2.24) is 5.32 Å². The van der Waals surface area contributed by atoms with Gasteiger partial charge in [0.2, 0.25) is 5.91 Å². The topological polar surface area (TPSA) is 29.1 Å². The van der Waals surface area contributed by atoms with E-state index in [0.29, 0.717) is 29.6 Å². The normalized spacial score (nSPS) is 35.5. The van der Waals surface area contributed by atoms with Crippen molar-refractivity contribution in [3.63, 3.8) is 0 Å². The zero-order chi connectivity index (χ0) is 10.8. The van der Waals surface area contributed by atoms with Gasteiger partial charge in [0.1, 0.15) is 0 Å². The van der Waals surface area contributed by atoms with Gasteiger partial charge >= 0.3 is 0 Å². The molecule has 0 bridgehead atoms. The van der Waals surface area contributed by atoms with Crippen molar-refractivity contribution >= 4 is 17.5 Å². The number of hydrogen-bond donors (Lipinski definition) is 1. The molecule has 0 radical (unpaired) electrons. The van der Waals surface area contributed by atoms with Crippen LogP contribution in [-0.4, -0.2) is 18.3 Å². The van der Waals surface area contributed by atoms with Crippen LogP contribution in [0.5, 0.6) is 0 Å². The zero-order valence-electron chi connectivity index (χ0n) is 9.34. The van der Waals surface area contributed by atoms with E-state index in [1.54, 1.807) is 0 Å². The van der Waals surface area contributed by atoms with E-state index >= 15 is 0 Å². The maximum Gasteiger partial charge on any atom is 0.223 e. The number of carbonyl (C=O) groups is 1. The van der Waals surface area contributed by atoms with Gasteiger partial charge in [-0.25, -0.2) is 0 Å². The first-order valence-corrected chi connectivity index (χ1v) is 6.61. The zero-order valence-corrected chi connectivity index (χ0v) is 10.1. The lowest BCUT2D eigenvalue weighted by molar-refractivity contribution is -0.123. The van der Waals surface area contributed by atoms with E-state index in [1.807, 2.05) is 0 Å². The Bertz CT molecular complexity index is 232. The second kappa shape index (κ2) is 4.73. The van der Waals surface area contributed by atoms with Gasteiger partial charge in [-0.15, -0.1) is 11.6 Å². The molecule has 2 nitrogen and oxygen atoms in total. The predicted octanol–water partition coefficient (Wildman–Crippen LogP) is 2.41. The van der Waals surface area contributed by atoms with Gasteiger partial charge in [-0.2, -0.15) is 0 Å². The minimum atomic E-state index is 0.281. The summed E-state index contributed by atoms with van der Waals surface area (Å²) in [7, 11) is 0. The molecular formula is C12H20ClNO. The lowest BCUT2D eigenvalue weighted by atomic mass is 10.0. The Balaban J connectivity index is 1.73. The quantitative estimate of drug-likeness (QED) is 0.738. The third-order valence-electron chi connectivity index (χ3n) is 3.85. The van der Waals surface area contributed by atoms with Gasteiger partial charge in [-0.1, -0.05) is 19.8 Å². The molecule has 2 aliphatic carbocycles. The monoisotopic (exact) mass is 229 g/mol. The molecule has 0 saturated heterocycles. The molecule has 0 aromatic heterocycles. The van der Waals surface area contributed by atoms with Gasteiger partial charge in [0.05, 0.1) is 0 Å². The summed E-state index contributed by atoms with van der Waals surface area (Å²) >= 11 is 5.70. The van der Waals surface area contributed by atoms with Crippen LogP contribution < -0.4 is 5.32 Å². The van der Waals surface area contributed by atoms with Crippen LogP contribution in [0.1, 0.15) is 32.6 Å². The largest absolute Gasteiger partial charge is 0.356 e. The fraction of sp³-hybridized carbons (Fsp3) is 0.917. The standard InChI is InChI=1S/C12H20ClNO/c1-8(6-13)7-14-12(15)11-9-4-2-3-5-10(9)11/h8-11H,2-7H2,1H3,(H,14,15). The molecule has 0 aromatic rings. The highest BCUT2D eigenvalue weighted by molar-refractivity contribution is 6.18. The SMILES string of the molecule is CC(CCl)CNC(=O)C1C2CCCCC21. The Kier molecular flexibility index (Phi) is 3.55. The molecule has 86 valence electrons. The molecule has 2 fully saturated rings. The van der Waals surface area contributed by atoms with E-state index in [9.17, 15) is 4.79 Å². The number of rotatable bonds is 4. The average molecular weight is 230 g/mol. The van der Waals surface area contributed by atoms with Crippen molar-refractivity contribution in [2.24, 2.45) is 23.7 Å². The fourth-order valence-electron chi connectivity index (χ4n) is 2.83. The molecular weight excluding hydrogens is 210 g/mol. The molecule has 1 amide bonds. The summed E-state index contributed by atoms with van der Waals surface area (Å²) in [5.41, 5.74) is 0. The molecule has 0 spiro atoms. The van der Waals surface area contributed by atoms with Gasteiger partial charge < -0.3 is 5.32 Å². The van der Waals surface area contributed by atoms with Crippen molar-refractivity contribution in [3.8, 4) is 0 Å². The van der Waals surface area contributed by atoms with E-state index in [1.165, 1.54) is 25.7 Å². The number of fused-ring (bicyclic) bond motifs is 1. The Morgan fingerprint density at radius 3 is 2.53 bits per heavy atom. The number of carbonyl (C=O) groups excluding carboxylic acids is 1. The van der Waals surface area contributed by atoms with Gasteiger partial charge in [-0.3, -0.25) is 4.79 Å². The molecule has 3 heteroatoms. The highest BCUT2D eigenvalue weighted by Gasteiger charge is 2.54. The van der Waals surface area contributed by atoms with E-state index in [2.05, 4.69) is 12.2 Å². The third-order valence-corrected chi connectivity index (χ3v) is 4.37. The average Bonchev–Trinajstić information content (AvgIpc) is 2.99. The highest BCUT2D eigenvalue weighted by atomic mass is 35.5. The number of amides is 1. The summed E-state index contributed by atoms with van der Waals surface area (Å²) in [6.45, 7) is 2.80. The molecule has 2 rings (SSSR count). The lowest BCUT2D eigenvalue weighted by Crippen LogP contribution is -2.30. The van der Waals surface area contributed by atoms with E-state index in [0.717, 1.165) is 6.54 Å². The van der Waals surface area contributed by atoms with Crippen LogP contribution in [0.15, 0.2) is 0 Å². The molecule has 0 aliphatic heterocycles. The Labute approximate surface area is 96.8 Å². The maximum atomic E-state index is 11.8. The van der Waals surface area contributed by atoms with Crippen LogP contribution in [0.3, 0.4) is 0 Å². The molecule has 2 aliphatic rings. The predicted molar refractivity (Wildman–Crippen MR) is 61.8 cm³/mol. The molecule has 3 atom stereocenters. The van der Waals surface area contributed by atoms with E-state index in [-0.39, 0.29) is 5.91 Å². The fourth-order valence-corrected chi connectivity index (χ4v) is 2.94. The summed E-state index contributed by atoms with van der Waals surface area (Å²) in [6, 6.07) is 0. The molecule has 3 unspecified atom stereocenters. The second-order valence-corrected chi connectivity index (χ2v) is 5.45. The number of hydrogen-bond acceptors (Lipinski definition) is 1. The number of alkyl halides is 1. The minimum Gasteiger partial charge on any atom is -0.356 e. The van der Waals surface area contributed by atoms with Crippen molar-refractivity contribution in [3.05, 3.63) is 0 Å². The number of halogens is 1. The van der Waals surface area contributed by atoms with Gasteiger partial charge in [0.15, 0.2) is 0 Å². The van der Waals surface area contributed by atoms with Crippen molar-refractivity contribution in [2.45, 2.75) is 32.6 Å². The molecule has 0 aromatic carbocycles. The van der Waals surface area contributed by atoms with Crippen LogP contribution in [0, 0.1) is 23.7 Å². The van der Waals surface area contributed by atoms with E-state index < -0.39 is 0 Å². The minimum absolute atomic E-state index is 0.281. The van der Waals surface area contributed by atoms with Gasteiger partial charge in [0, 0.05) is 18.3 Å². The first-order valence-electron chi connectivity index (χ1n) is 6.07. The van der Waals surface area contributed by atoms with Crippen LogP contribution >= 0.6 is 11.6 Å². The molecule has 2 saturated carbocycles. The summed E-state index contributed by atoms with van der Waals surface area (Å²) in [5, 5.41) is 3.03. The van der Waals surface area contributed by atoms with Gasteiger partial charge in [0.25, 0.3) is 0 Å². The summed E-state index contributed by atoms with van der Waals surface area (Å²) in [6.07, 6.45) is 5.19. The molecule has 15 heavy (non-hydrogen) atoms. The van der Waals surface area contributed by atoms with Crippen LogP contribution in [0.4, 0.5) is 0 Å². The summed E-state index contributed by atoms with van der Waals surface area (Å²) < 4.78 is 0. The van der Waals surface area contributed by atoms with Crippen molar-refractivity contribution in [2.75, 3.05) is 12.4 Å². The Morgan fingerprint density at radius 1 is 1.40 bits per heavy atom. The first kappa shape index (κ1) is 11.3. The second-order valence-electron chi connectivity index (χ2n) is 5.14. The number of nitrogens with one attached hydrogen (secondary N) is 1. The first-order chi connectivity index (χ1) is 7.24. The van der Waals surface area contributed by atoms with Crippen LogP contribution in [0.25, 0.3) is 0 Å². The molecule has 1 N–H and O–H groups in total. The third kappa shape index (κ3) is 2.47. The Hall–Kier alpha value is -0.240. The van der Waals surface area contributed by atoms with Crippen LogP contribution in [-0.2, 0) is 4.79 Å². The lowest BCUT2D eigenvalue weighted by Gasteiger charge is -2.08. The summed E-state index contributed by atoms with van der Waals surface area (Å²) in [5.74, 6) is 3.06. The van der Waals surface area contributed by atoms with Crippen molar-refractivity contribution < 1.29 is 4.79 Å². The van der Waals surface area contributed by atoms with Crippen molar-refractivity contribution in [1.29, 1.82) is 0 Å².